The highest BCUT2D eigenvalue weighted by Crippen LogP contribution is 2.84. The second kappa shape index (κ2) is 1.73. The number of fused-ring (bicyclic) bond motifs is 1. The predicted octanol–water partition coefficient (Wildman–Crippen LogP) is 3.39. The van der Waals surface area contributed by atoms with Crippen LogP contribution in [0.1, 0.15) is 40.0 Å². The molecular formula is C11H18. The Morgan fingerprint density at radius 2 is 2.09 bits per heavy atom. The van der Waals surface area contributed by atoms with Crippen molar-refractivity contribution in [1.82, 2.24) is 0 Å². The van der Waals surface area contributed by atoms with Crippen LogP contribution >= 0.6 is 0 Å². The summed E-state index contributed by atoms with van der Waals surface area (Å²) in [6, 6.07) is 0. The van der Waals surface area contributed by atoms with Crippen LogP contribution in [0.25, 0.3) is 0 Å². The van der Waals surface area contributed by atoms with Gasteiger partial charge in [-0.25, -0.2) is 0 Å². The Labute approximate surface area is 69.7 Å². The number of rotatable bonds is 3. The van der Waals surface area contributed by atoms with Gasteiger partial charge in [-0.3, -0.25) is 0 Å². The van der Waals surface area contributed by atoms with Crippen molar-refractivity contribution in [2.75, 3.05) is 0 Å². The molecule has 62 valence electrons. The lowest BCUT2D eigenvalue weighted by molar-refractivity contribution is 0.264. The third kappa shape index (κ3) is 0.660. The van der Waals surface area contributed by atoms with Crippen molar-refractivity contribution in [1.29, 1.82) is 0 Å². The molecule has 2 aliphatic carbocycles. The highest BCUT2D eigenvalue weighted by Gasteiger charge is 2.76. The van der Waals surface area contributed by atoms with Crippen molar-refractivity contribution in [2.45, 2.75) is 40.0 Å². The van der Waals surface area contributed by atoms with Crippen LogP contribution in [0.3, 0.4) is 0 Å². The quantitative estimate of drug-likeness (QED) is 0.541. The molecule has 0 amide bonds. The average molecular weight is 150 g/mol. The Balaban J connectivity index is 2.22. The molecule has 1 unspecified atom stereocenters. The number of hydrogen-bond acceptors (Lipinski definition) is 0. The molecule has 0 nitrogen and oxygen atoms in total. The van der Waals surface area contributed by atoms with E-state index in [4.69, 9.17) is 0 Å². The van der Waals surface area contributed by atoms with Gasteiger partial charge in [-0.15, -0.1) is 0 Å². The molecule has 1 atom stereocenters. The molecule has 11 heavy (non-hydrogen) atoms. The smallest absolute Gasteiger partial charge is 0.00652 e. The van der Waals surface area contributed by atoms with Crippen molar-refractivity contribution in [3.8, 4) is 0 Å². The number of allylic oxidation sites excluding steroid dienone is 1. The van der Waals surface area contributed by atoms with E-state index in [1.165, 1.54) is 24.8 Å². The lowest BCUT2D eigenvalue weighted by atomic mass is 9.72. The molecule has 2 rings (SSSR count). The first kappa shape index (κ1) is 7.39. The van der Waals surface area contributed by atoms with E-state index in [-0.39, 0.29) is 0 Å². The lowest BCUT2D eigenvalue weighted by Crippen LogP contribution is -2.23. The second-order valence-corrected chi connectivity index (χ2v) is 4.73. The van der Waals surface area contributed by atoms with E-state index in [1.807, 2.05) is 0 Å². The van der Waals surface area contributed by atoms with Gasteiger partial charge in [0, 0.05) is 0 Å². The van der Waals surface area contributed by atoms with E-state index in [9.17, 15) is 0 Å². The first-order valence-corrected chi connectivity index (χ1v) is 4.73. The van der Waals surface area contributed by atoms with Gasteiger partial charge in [-0.05, 0) is 42.9 Å². The molecular weight excluding hydrogens is 132 g/mol. The van der Waals surface area contributed by atoms with Crippen LogP contribution in [0.5, 0.6) is 0 Å². The Bertz CT molecular complexity index is 208. The molecule has 0 aromatic heterocycles. The van der Waals surface area contributed by atoms with Gasteiger partial charge in [0.2, 0.25) is 0 Å². The standard InChI is InChI=1S/C11H18/c1-5-10(4,8(2)3)11-6-9(11)7-11/h9H,2,5-7H2,1,3-4H3. The van der Waals surface area contributed by atoms with Crippen LogP contribution in [0.15, 0.2) is 12.2 Å². The maximum Gasteiger partial charge on any atom is -0.00652 e. The zero-order valence-electron chi connectivity index (χ0n) is 7.91. The molecule has 0 saturated heterocycles. The Morgan fingerprint density at radius 1 is 1.64 bits per heavy atom. The van der Waals surface area contributed by atoms with E-state index in [0.717, 1.165) is 11.3 Å². The van der Waals surface area contributed by atoms with Crippen molar-refractivity contribution in [2.24, 2.45) is 16.7 Å². The minimum absolute atomic E-state index is 0.470. The fourth-order valence-corrected chi connectivity index (χ4v) is 2.68. The Kier molecular flexibility index (Phi) is 1.16. The molecule has 2 saturated carbocycles. The fourth-order valence-electron chi connectivity index (χ4n) is 2.68. The molecule has 0 bridgehead atoms. The van der Waals surface area contributed by atoms with Crippen molar-refractivity contribution < 1.29 is 0 Å². The van der Waals surface area contributed by atoms with Gasteiger partial charge in [-0.1, -0.05) is 26.0 Å². The maximum absolute atomic E-state index is 4.13. The van der Waals surface area contributed by atoms with E-state index in [0.29, 0.717) is 5.41 Å². The SMILES string of the molecule is C=C(C)C(C)(CC)C12CC1C2. The van der Waals surface area contributed by atoms with Gasteiger partial charge in [0.15, 0.2) is 0 Å². The third-order valence-electron chi connectivity index (χ3n) is 4.43. The highest BCUT2D eigenvalue weighted by atomic mass is 14.8. The first-order valence-electron chi connectivity index (χ1n) is 4.73. The Hall–Kier alpha value is -0.260. The summed E-state index contributed by atoms with van der Waals surface area (Å²) in [4.78, 5) is 0. The van der Waals surface area contributed by atoms with Gasteiger partial charge in [-0.2, -0.15) is 0 Å². The van der Waals surface area contributed by atoms with Gasteiger partial charge >= 0.3 is 0 Å². The summed E-state index contributed by atoms with van der Waals surface area (Å²) in [7, 11) is 0. The lowest BCUT2D eigenvalue weighted by Gasteiger charge is -2.32. The summed E-state index contributed by atoms with van der Waals surface area (Å²) >= 11 is 0. The van der Waals surface area contributed by atoms with E-state index < -0.39 is 0 Å². The normalized spacial score (nSPS) is 44.1. The Morgan fingerprint density at radius 3 is 2.18 bits per heavy atom. The molecule has 0 aliphatic heterocycles. The summed E-state index contributed by atoms with van der Waals surface area (Å²) in [6.45, 7) is 11.0. The number of hydrogen-bond donors (Lipinski definition) is 0. The van der Waals surface area contributed by atoms with E-state index in [1.54, 1.807) is 0 Å². The molecule has 0 heterocycles. The zero-order chi connectivity index (χ0) is 8.28. The molecule has 0 aromatic rings. The zero-order valence-corrected chi connectivity index (χ0v) is 7.91. The predicted molar refractivity (Wildman–Crippen MR) is 48.4 cm³/mol. The van der Waals surface area contributed by atoms with Gasteiger partial charge < -0.3 is 0 Å². The van der Waals surface area contributed by atoms with Crippen molar-refractivity contribution in [3.63, 3.8) is 0 Å². The van der Waals surface area contributed by atoms with Crippen LogP contribution in [0, 0.1) is 16.7 Å². The summed E-state index contributed by atoms with van der Waals surface area (Å²) in [5.41, 5.74) is 2.62. The van der Waals surface area contributed by atoms with Crippen LogP contribution in [-0.4, -0.2) is 0 Å². The van der Waals surface area contributed by atoms with E-state index in [2.05, 4.69) is 27.4 Å². The summed E-state index contributed by atoms with van der Waals surface area (Å²) in [6.07, 6.45) is 4.26. The topological polar surface area (TPSA) is 0 Å². The van der Waals surface area contributed by atoms with Gasteiger partial charge in [0.25, 0.3) is 0 Å². The van der Waals surface area contributed by atoms with Gasteiger partial charge in [0.05, 0.1) is 0 Å². The summed E-state index contributed by atoms with van der Waals surface area (Å²) < 4.78 is 0. The molecule has 0 heteroatoms. The second-order valence-electron chi connectivity index (χ2n) is 4.73. The minimum atomic E-state index is 0.470. The molecule has 2 fully saturated rings. The largest absolute Gasteiger partial charge is 0.0996 e. The molecule has 0 aromatic carbocycles. The van der Waals surface area contributed by atoms with Crippen molar-refractivity contribution in [3.05, 3.63) is 12.2 Å². The summed E-state index contributed by atoms with van der Waals surface area (Å²) in [5, 5.41) is 0. The molecule has 0 spiro atoms. The third-order valence-corrected chi connectivity index (χ3v) is 4.43. The van der Waals surface area contributed by atoms with Crippen LogP contribution < -0.4 is 0 Å². The van der Waals surface area contributed by atoms with Crippen molar-refractivity contribution >= 4 is 0 Å². The average Bonchev–Trinajstić information content (AvgIpc) is 2.69. The minimum Gasteiger partial charge on any atom is -0.0996 e. The van der Waals surface area contributed by atoms with Gasteiger partial charge in [0.1, 0.15) is 0 Å². The van der Waals surface area contributed by atoms with E-state index >= 15 is 0 Å². The fraction of sp³-hybridized carbons (Fsp3) is 0.818. The monoisotopic (exact) mass is 150 g/mol. The molecule has 0 radical (unpaired) electrons. The maximum atomic E-state index is 4.13. The highest BCUT2D eigenvalue weighted by molar-refractivity contribution is 5.31. The first-order chi connectivity index (χ1) is 5.07. The summed E-state index contributed by atoms with van der Waals surface area (Å²) in [5.74, 6) is 1.09. The molecule has 0 N–H and O–H groups in total. The van der Waals surface area contributed by atoms with Crippen LogP contribution in [-0.2, 0) is 0 Å². The molecule has 2 aliphatic rings. The van der Waals surface area contributed by atoms with Crippen LogP contribution in [0.4, 0.5) is 0 Å². The van der Waals surface area contributed by atoms with Crippen LogP contribution in [0.2, 0.25) is 0 Å².